The fourth-order valence-electron chi connectivity index (χ4n) is 1.96. The highest BCUT2D eigenvalue weighted by molar-refractivity contribution is 5.91. The van der Waals surface area contributed by atoms with E-state index in [0.717, 1.165) is 18.4 Å². The molecule has 1 aromatic carbocycles. The lowest BCUT2D eigenvalue weighted by atomic mass is 10.0. The van der Waals surface area contributed by atoms with Crippen molar-refractivity contribution in [3.63, 3.8) is 0 Å². The van der Waals surface area contributed by atoms with E-state index in [1.54, 1.807) is 7.11 Å². The molecule has 0 aromatic heterocycles. The van der Waals surface area contributed by atoms with Gasteiger partial charge in [-0.05, 0) is 50.3 Å². The molecule has 1 atom stereocenters. The summed E-state index contributed by atoms with van der Waals surface area (Å²) in [6.07, 6.45) is 2.09. The summed E-state index contributed by atoms with van der Waals surface area (Å²) in [6, 6.07) is 5.68. The second kappa shape index (κ2) is 7.78. The fraction of sp³-hybridized carbons (Fsp3) is 0.562. The topological polar surface area (TPSA) is 50.4 Å². The Balaban J connectivity index is 2.55. The van der Waals surface area contributed by atoms with Gasteiger partial charge in [0, 0.05) is 6.04 Å². The van der Waals surface area contributed by atoms with Gasteiger partial charge < -0.3 is 15.4 Å². The summed E-state index contributed by atoms with van der Waals surface area (Å²) in [5, 5.41) is 5.79. The Kier molecular flexibility index (Phi) is 6.36. The summed E-state index contributed by atoms with van der Waals surface area (Å²) in [4.78, 5) is 12.0. The number of benzene rings is 1. The number of hydrogen-bond donors (Lipinski definition) is 2. The monoisotopic (exact) mass is 278 g/mol. The zero-order valence-electron chi connectivity index (χ0n) is 13.1. The van der Waals surface area contributed by atoms with Crippen LogP contribution in [0, 0.1) is 12.8 Å². The van der Waals surface area contributed by atoms with E-state index < -0.39 is 0 Å². The van der Waals surface area contributed by atoms with Crippen molar-refractivity contribution in [3.8, 4) is 5.75 Å². The normalized spacial score (nSPS) is 12.1. The van der Waals surface area contributed by atoms with E-state index >= 15 is 0 Å². The Bertz CT molecular complexity index is 444. The summed E-state index contributed by atoms with van der Waals surface area (Å²) in [5.74, 6) is 1.32. The second-order valence-corrected chi connectivity index (χ2v) is 5.67. The molecule has 0 radical (unpaired) electrons. The number of methoxy groups -OCH3 is 1. The number of aryl methyl sites for hydroxylation is 1. The van der Waals surface area contributed by atoms with Crippen LogP contribution in [0.2, 0.25) is 0 Å². The van der Waals surface area contributed by atoms with Crippen molar-refractivity contribution >= 4 is 11.7 Å². The van der Waals surface area contributed by atoms with Crippen LogP contribution >= 0.6 is 0 Å². The van der Waals surface area contributed by atoms with Gasteiger partial charge in [0.15, 0.2) is 0 Å². The predicted octanol–water partition coefficient (Wildman–Crippen LogP) is 3.95. The molecule has 0 aliphatic rings. The summed E-state index contributed by atoms with van der Waals surface area (Å²) < 4.78 is 5.24. The van der Waals surface area contributed by atoms with Gasteiger partial charge in [0.05, 0.1) is 12.8 Å². The standard InChI is InChI=1S/C16H26N2O2/c1-11(2)6-8-13(4)17-16(19)18-14-10-12(3)7-9-15(14)20-5/h7,9-11,13H,6,8H2,1-5H3,(H2,17,18,19). The highest BCUT2D eigenvalue weighted by atomic mass is 16.5. The smallest absolute Gasteiger partial charge is 0.319 e. The molecule has 0 bridgehead atoms. The Morgan fingerprint density at radius 2 is 1.95 bits per heavy atom. The SMILES string of the molecule is COc1ccc(C)cc1NC(=O)NC(C)CCC(C)C. The summed E-state index contributed by atoms with van der Waals surface area (Å²) in [6.45, 7) is 8.37. The molecule has 1 unspecified atom stereocenters. The molecule has 20 heavy (non-hydrogen) atoms. The first-order valence-electron chi connectivity index (χ1n) is 7.14. The predicted molar refractivity (Wildman–Crippen MR) is 83.4 cm³/mol. The number of hydrogen-bond acceptors (Lipinski definition) is 2. The van der Waals surface area contributed by atoms with Crippen LogP contribution in [-0.2, 0) is 0 Å². The molecule has 0 fully saturated rings. The van der Waals surface area contributed by atoms with Crippen LogP contribution < -0.4 is 15.4 Å². The molecule has 2 N–H and O–H groups in total. The number of ether oxygens (including phenoxy) is 1. The molecule has 4 nitrogen and oxygen atoms in total. The highest BCUT2D eigenvalue weighted by Crippen LogP contribution is 2.25. The Hall–Kier alpha value is -1.71. The van der Waals surface area contributed by atoms with E-state index in [2.05, 4.69) is 24.5 Å². The van der Waals surface area contributed by atoms with Crippen molar-refractivity contribution in [2.45, 2.75) is 46.6 Å². The van der Waals surface area contributed by atoms with Crippen molar-refractivity contribution < 1.29 is 9.53 Å². The Morgan fingerprint density at radius 1 is 1.25 bits per heavy atom. The third-order valence-electron chi connectivity index (χ3n) is 3.16. The number of rotatable bonds is 6. The van der Waals surface area contributed by atoms with Crippen molar-refractivity contribution in [1.29, 1.82) is 0 Å². The molecule has 0 spiro atoms. The first-order chi connectivity index (χ1) is 9.42. The third-order valence-corrected chi connectivity index (χ3v) is 3.16. The largest absolute Gasteiger partial charge is 0.495 e. The molecule has 0 aliphatic heterocycles. The van der Waals surface area contributed by atoms with Crippen LogP contribution in [0.3, 0.4) is 0 Å². The minimum Gasteiger partial charge on any atom is -0.495 e. The lowest BCUT2D eigenvalue weighted by Gasteiger charge is -2.17. The van der Waals surface area contributed by atoms with Crippen molar-refractivity contribution in [2.75, 3.05) is 12.4 Å². The summed E-state index contributed by atoms with van der Waals surface area (Å²) >= 11 is 0. The summed E-state index contributed by atoms with van der Waals surface area (Å²) in [5.41, 5.74) is 1.77. The molecule has 112 valence electrons. The van der Waals surface area contributed by atoms with E-state index in [1.165, 1.54) is 0 Å². The number of carbonyl (C=O) groups excluding carboxylic acids is 1. The molecular weight excluding hydrogens is 252 g/mol. The van der Waals surface area contributed by atoms with Gasteiger partial charge in [-0.25, -0.2) is 4.79 Å². The molecular formula is C16H26N2O2. The first kappa shape index (κ1) is 16.3. The van der Waals surface area contributed by atoms with Gasteiger partial charge >= 0.3 is 6.03 Å². The second-order valence-electron chi connectivity index (χ2n) is 5.67. The maximum atomic E-state index is 12.0. The average molecular weight is 278 g/mol. The zero-order chi connectivity index (χ0) is 15.1. The molecule has 1 rings (SSSR count). The fourth-order valence-corrected chi connectivity index (χ4v) is 1.96. The number of urea groups is 1. The molecule has 1 aromatic rings. The molecule has 0 heterocycles. The summed E-state index contributed by atoms with van der Waals surface area (Å²) in [7, 11) is 1.60. The van der Waals surface area contributed by atoms with Gasteiger partial charge in [-0.1, -0.05) is 19.9 Å². The van der Waals surface area contributed by atoms with Crippen LogP contribution in [0.5, 0.6) is 5.75 Å². The minimum absolute atomic E-state index is 0.160. The van der Waals surface area contributed by atoms with Crippen molar-refractivity contribution in [2.24, 2.45) is 5.92 Å². The van der Waals surface area contributed by atoms with Crippen LogP contribution in [0.1, 0.15) is 39.2 Å². The number of amides is 2. The van der Waals surface area contributed by atoms with E-state index in [4.69, 9.17) is 4.74 Å². The van der Waals surface area contributed by atoms with E-state index in [-0.39, 0.29) is 12.1 Å². The van der Waals surface area contributed by atoms with Gasteiger partial charge in [0.2, 0.25) is 0 Å². The minimum atomic E-state index is -0.190. The van der Waals surface area contributed by atoms with Crippen LogP contribution in [0.4, 0.5) is 10.5 Å². The van der Waals surface area contributed by atoms with Crippen LogP contribution in [-0.4, -0.2) is 19.2 Å². The maximum absolute atomic E-state index is 12.0. The van der Waals surface area contributed by atoms with Gasteiger partial charge in [-0.2, -0.15) is 0 Å². The molecule has 0 saturated heterocycles. The van der Waals surface area contributed by atoms with E-state index in [1.807, 2.05) is 32.0 Å². The Labute approximate surface area is 121 Å². The molecule has 4 heteroatoms. The van der Waals surface area contributed by atoms with Gasteiger partial charge in [-0.15, -0.1) is 0 Å². The lowest BCUT2D eigenvalue weighted by Crippen LogP contribution is -2.36. The van der Waals surface area contributed by atoms with Gasteiger partial charge in [0.25, 0.3) is 0 Å². The van der Waals surface area contributed by atoms with Gasteiger partial charge in [-0.3, -0.25) is 0 Å². The number of anilines is 1. The van der Waals surface area contributed by atoms with E-state index in [9.17, 15) is 4.79 Å². The lowest BCUT2D eigenvalue weighted by molar-refractivity contribution is 0.248. The van der Waals surface area contributed by atoms with Gasteiger partial charge in [0.1, 0.15) is 5.75 Å². The van der Waals surface area contributed by atoms with Crippen molar-refractivity contribution in [3.05, 3.63) is 23.8 Å². The maximum Gasteiger partial charge on any atom is 0.319 e. The zero-order valence-corrected chi connectivity index (χ0v) is 13.1. The Morgan fingerprint density at radius 3 is 2.55 bits per heavy atom. The number of nitrogens with one attached hydrogen (secondary N) is 2. The third kappa shape index (κ3) is 5.51. The van der Waals surface area contributed by atoms with E-state index in [0.29, 0.717) is 17.4 Å². The first-order valence-corrected chi connectivity index (χ1v) is 7.14. The highest BCUT2D eigenvalue weighted by Gasteiger charge is 2.10. The molecule has 0 saturated carbocycles. The van der Waals surface area contributed by atoms with Crippen LogP contribution in [0.15, 0.2) is 18.2 Å². The number of carbonyl (C=O) groups is 1. The molecule has 0 aliphatic carbocycles. The molecule has 2 amide bonds. The average Bonchev–Trinajstić information content (AvgIpc) is 2.36. The quantitative estimate of drug-likeness (QED) is 0.827. The van der Waals surface area contributed by atoms with Crippen molar-refractivity contribution in [1.82, 2.24) is 5.32 Å². The van der Waals surface area contributed by atoms with Crippen LogP contribution in [0.25, 0.3) is 0 Å².